The van der Waals surface area contributed by atoms with Crippen LogP contribution in [-0.2, 0) is 20.3 Å². The van der Waals surface area contributed by atoms with Gasteiger partial charge < -0.3 is 9.84 Å². The molecule has 3 rings (SSSR count). The van der Waals surface area contributed by atoms with Gasteiger partial charge in [-0.1, -0.05) is 31.4 Å². The molecule has 3 fully saturated rings. The number of hydrogen-bond acceptors (Lipinski definition) is 3. The molecule has 1 unspecified atom stereocenters. The first-order chi connectivity index (χ1) is 12.6. The van der Waals surface area contributed by atoms with Crippen LogP contribution in [0.25, 0.3) is 0 Å². The van der Waals surface area contributed by atoms with Gasteiger partial charge in [0.25, 0.3) is 0 Å². The van der Waals surface area contributed by atoms with Gasteiger partial charge >= 0.3 is 5.97 Å². The summed E-state index contributed by atoms with van der Waals surface area (Å²) in [5.74, 6) is 2.61. The van der Waals surface area contributed by atoms with Crippen molar-refractivity contribution in [1.29, 1.82) is 0 Å². The summed E-state index contributed by atoms with van der Waals surface area (Å²) in [6.07, 6.45) is 16.5. The van der Waals surface area contributed by atoms with Gasteiger partial charge in [-0.15, -0.1) is 0 Å². The highest BCUT2D eigenvalue weighted by Crippen LogP contribution is 2.45. The predicted molar refractivity (Wildman–Crippen MR) is 105 cm³/mol. The first-order valence-electron chi connectivity index (χ1n) is 10.5. The van der Waals surface area contributed by atoms with Crippen LogP contribution in [0.5, 0.6) is 0 Å². The Morgan fingerprint density at radius 1 is 1.00 bits per heavy atom. The third kappa shape index (κ3) is 5.66. The number of carboxylic acid groups (broad SMARTS) is 1. The zero-order chi connectivity index (χ0) is 18.4. The predicted octanol–water partition coefficient (Wildman–Crippen LogP) is 4.31. The quantitative estimate of drug-likeness (QED) is 0.452. The van der Waals surface area contributed by atoms with Gasteiger partial charge in [-0.3, -0.25) is 9.00 Å². The standard InChI is InChI=1S/C21H34O4S/c22-21(23)11-7-2-1-6-10-17-18(20-13-12-19(17)25-20)15-26(24)14-16-8-4-3-5-9-16/h1,6,16-20H,2-5,7-15H2,(H,22,23)/t17-,18-,19-,20+,26?/m1/s1. The fourth-order valence-corrected chi connectivity index (χ4v) is 6.96. The number of rotatable bonds is 10. The molecule has 0 radical (unpaired) electrons. The minimum atomic E-state index is -0.722. The lowest BCUT2D eigenvalue weighted by molar-refractivity contribution is -0.137. The van der Waals surface area contributed by atoms with Crippen molar-refractivity contribution in [2.75, 3.05) is 11.5 Å². The number of aliphatic carboxylic acids is 1. The molecule has 2 heterocycles. The smallest absolute Gasteiger partial charge is 0.303 e. The van der Waals surface area contributed by atoms with Gasteiger partial charge in [0.05, 0.1) is 12.2 Å². The summed E-state index contributed by atoms with van der Waals surface area (Å²) in [5.41, 5.74) is 0. The Balaban J connectivity index is 1.44. The number of carbonyl (C=O) groups is 1. The minimum absolute atomic E-state index is 0.240. The van der Waals surface area contributed by atoms with E-state index in [1.807, 2.05) is 0 Å². The molecule has 1 aliphatic carbocycles. The molecule has 0 spiro atoms. The summed E-state index contributed by atoms with van der Waals surface area (Å²) in [6.45, 7) is 0. The molecule has 2 bridgehead atoms. The summed E-state index contributed by atoms with van der Waals surface area (Å²) in [5, 5.41) is 8.68. The topological polar surface area (TPSA) is 63.6 Å². The summed E-state index contributed by atoms with van der Waals surface area (Å²) >= 11 is 0. The highest BCUT2D eigenvalue weighted by molar-refractivity contribution is 7.85. The molecule has 5 heteroatoms. The Bertz CT molecular complexity index is 512. The Kier molecular flexibility index (Phi) is 7.74. The lowest BCUT2D eigenvalue weighted by Crippen LogP contribution is -2.32. The van der Waals surface area contributed by atoms with Crippen LogP contribution >= 0.6 is 0 Å². The normalized spacial score (nSPS) is 33.1. The summed E-state index contributed by atoms with van der Waals surface area (Å²) < 4.78 is 18.9. The third-order valence-electron chi connectivity index (χ3n) is 6.45. The zero-order valence-electron chi connectivity index (χ0n) is 15.8. The summed E-state index contributed by atoms with van der Waals surface area (Å²) in [6, 6.07) is 0. The lowest BCUT2D eigenvalue weighted by atomic mass is 9.78. The van der Waals surface area contributed by atoms with Gasteiger partial charge in [0, 0.05) is 34.6 Å². The Hall–Kier alpha value is -0.680. The number of ether oxygens (including phenoxy) is 1. The Labute approximate surface area is 160 Å². The van der Waals surface area contributed by atoms with Crippen LogP contribution in [0.1, 0.15) is 70.6 Å². The van der Waals surface area contributed by atoms with E-state index in [0.717, 1.165) is 37.2 Å². The number of carboxylic acids is 1. The number of unbranched alkanes of at least 4 members (excludes halogenated alkanes) is 1. The lowest BCUT2D eigenvalue weighted by Gasteiger charge is -2.28. The van der Waals surface area contributed by atoms with Crippen LogP contribution in [0.4, 0.5) is 0 Å². The van der Waals surface area contributed by atoms with Crippen molar-refractivity contribution in [3.05, 3.63) is 12.2 Å². The average molecular weight is 383 g/mol. The molecule has 26 heavy (non-hydrogen) atoms. The molecule has 148 valence electrons. The Morgan fingerprint density at radius 3 is 2.46 bits per heavy atom. The second-order valence-corrected chi connectivity index (χ2v) is 9.93. The van der Waals surface area contributed by atoms with Crippen molar-refractivity contribution in [2.24, 2.45) is 17.8 Å². The average Bonchev–Trinajstić information content (AvgIpc) is 3.21. The number of allylic oxidation sites excluding steroid dienone is 2. The van der Waals surface area contributed by atoms with Crippen molar-refractivity contribution in [3.63, 3.8) is 0 Å². The van der Waals surface area contributed by atoms with Crippen molar-refractivity contribution in [2.45, 2.75) is 82.8 Å². The van der Waals surface area contributed by atoms with E-state index in [-0.39, 0.29) is 6.42 Å². The molecule has 2 saturated heterocycles. The molecule has 0 aromatic heterocycles. The summed E-state index contributed by atoms with van der Waals surface area (Å²) in [7, 11) is -0.715. The molecule has 0 aromatic rings. The fraction of sp³-hybridized carbons (Fsp3) is 0.857. The van der Waals surface area contributed by atoms with E-state index in [2.05, 4.69) is 12.2 Å². The van der Waals surface area contributed by atoms with Gasteiger partial charge in [0.1, 0.15) is 0 Å². The van der Waals surface area contributed by atoms with E-state index in [1.54, 1.807) is 0 Å². The van der Waals surface area contributed by atoms with Gasteiger partial charge in [0.15, 0.2) is 0 Å². The maximum absolute atomic E-state index is 12.8. The maximum Gasteiger partial charge on any atom is 0.303 e. The summed E-state index contributed by atoms with van der Waals surface area (Å²) in [4.78, 5) is 10.5. The minimum Gasteiger partial charge on any atom is -0.481 e. The van der Waals surface area contributed by atoms with Crippen molar-refractivity contribution < 1.29 is 18.8 Å². The molecule has 1 N–H and O–H groups in total. The molecule has 3 aliphatic rings. The van der Waals surface area contributed by atoms with Crippen molar-refractivity contribution >= 4 is 16.8 Å². The van der Waals surface area contributed by atoms with Crippen molar-refractivity contribution in [3.8, 4) is 0 Å². The molecular weight excluding hydrogens is 348 g/mol. The van der Waals surface area contributed by atoms with E-state index >= 15 is 0 Å². The second kappa shape index (κ2) is 10.0. The number of hydrogen-bond donors (Lipinski definition) is 1. The molecular formula is C21H34O4S. The molecule has 2 aliphatic heterocycles. The van der Waals surface area contributed by atoms with Crippen molar-refractivity contribution in [1.82, 2.24) is 0 Å². The van der Waals surface area contributed by atoms with E-state index in [1.165, 1.54) is 32.1 Å². The SMILES string of the molecule is O=C(O)CCCC=CC[C@@H]1[C@@H](CS(=O)CC2CCCCC2)[C@@H]2CC[C@H]1O2. The zero-order valence-corrected chi connectivity index (χ0v) is 16.6. The number of fused-ring (bicyclic) bond motifs is 2. The third-order valence-corrected chi connectivity index (χ3v) is 8.05. The van der Waals surface area contributed by atoms with Crippen LogP contribution < -0.4 is 0 Å². The highest BCUT2D eigenvalue weighted by atomic mass is 32.2. The van der Waals surface area contributed by atoms with Gasteiger partial charge in [-0.05, 0) is 56.8 Å². The largest absolute Gasteiger partial charge is 0.481 e. The van der Waals surface area contributed by atoms with E-state index in [9.17, 15) is 9.00 Å². The van der Waals surface area contributed by atoms with Gasteiger partial charge in [-0.25, -0.2) is 0 Å². The fourth-order valence-electron chi connectivity index (χ4n) is 5.07. The highest BCUT2D eigenvalue weighted by Gasteiger charge is 2.48. The van der Waals surface area contributed by atoms with Crippen LogP contribution in [0.15, 0.2) is 12.2 Å². The van der Waals surface area contributed by atoms with Gasteiger partial charge in [0.2, 0.25) is 0 Å². The van der Waals surface area contributed by atoms with Crippen LogP contribution in [0.2, 0.25) is 0 Å². The van der Waals surface area contributed by atoms with Crippen LogP contribution in [0.3, 0.4) is 0 Å². The first kappa shape index (κ1) is 20.1. The molecule has 0 aromatic carbocycles. The van der Waals surface area contributed by atoms with E-state index in [0.29, 0.717) is 36.4 Å². The maximum atomic E-state index is 12.8. The molecule has 4 nitrogen and oxygen atoms in total. The van der Waals surface area contributed by atoms with Gasteiger partial charge in [-0.2, -0.15) is 0 Å². The molecule has 0 amide bonds. The van der Waals surface area contributed by atoms with E-state index < -0.39 is 16.8 Å². The van der Waals surface area contributed by atoms with Crippen LogP contribution in [-0.4, -0.2) is 39.0 Å². The molecule has 5 atom stereocenters. The monoisotopic (exact) mass is 382 g/mol. The molecule has 1 saturated carbocycles. The Morgan fingerprint density at radius 2 is 1.73 bits per heavy atom. The van der Waals surface area contributed by atoms with E-state index in [4.69, 9.17) is 9.84 Å². The van der Waals surface area contributed by atoms with Crippen LogP contribution in [0, 0.1) is 17.8 Å². The first-order valence-corrected chi connectivity index (χ1v) is 12.0. The second-order valence-electron chi connectivity index (χ2n) is 8.39.